The Morgan fingerprint density at radius 1 is 0.967 bits per heavy atom. The molecule has 1 saturated heterocycles. The molecule has 0 unspecified atom stereocenters. The van der Waals surface area contributed by atoms with Crippen molar-refractivity contribution in [3.8, 4) is 17.2 Å². The fraction of sp³-hybridized carbons (Fsp3) is 0.458. The number of piperidine rings is 1. The van der Waals surface area contributed by atoms with Crippen LogP contribution in [0.1, 0.15) is 41.3 Å². The summed E-state index contributed by atoms with van der Waals surface area (Å²) in [7, 11) is 4.72. The van der Waals surface area contributed by atoms with E-state index >= 15 is 0 Å². The minimum atomic E-state index is -0.120. The average Bonchev–Trinajstić information content (AvgIpc) is 2.78. The van der Waals surface area contributed by atoms with Gasteiger partial charge in [-0.1, -0.05) is 19.1 Å². The van der Waals surface area contributed by atoms with E-state index in [2.05, 4.69) is 17.1 Å². The molecule has 1 aliphatic heterocycles. The normalized spacial score (nSPS) is 14.9. The van der Waals surface area contributed by atoms with Gasteiger partial charge in [0.05, 0.1) is 21.3 Å². The smallest absolute Gasteiger partial charge is 0.251 e. The molecule has 0 atom stereocenters. The highest BCUT2D eigenvalue weighted by molar-refractivity contribution is 5.94. The van der Waals surface area contributed by atoms with Gasteiger partial charge in [0.25, 0.3) is 5.91 Å². The van der Waals surface area contributed by atoms with Gasteiger partial charge in [0.15, 0.2) is 11.5 Å². The molecule has 0 bridgehead atoms. The SMILES string of the molecule is COc1ccc(CNC(=O)c2ccc(CN3CCC(C)CC3)cc2)c(OC)c1OC. The number of nitrogens with one attached hydrogen (secondary N) is 1. The van der Waals surface area contributed by atoms with Gasteiger partial charge in [-0.25, -0.2) is 0 Å². The Morgan fingerprint density at radius 3 is 2.23 bits per heavy atom. The summed E-state index contributed by atoms with van der Waals surface area (Å²) >= 11 is 0. The Kier molecular flexibility index (Phi) is 7.57. The van der Waals surface area contributed by atoms with E-state index in [0.29, 0.717) is 29.4 Å². The van der Waals surface area contributed by atoms with E-state index in [9.17, 15) is 4.79 Å². The monoisotopic (exact) mass is 412 g/mol. The first-order valence-corrected chi connectivity index (χ1v) is 10.4. The number of nitrogens with zero attached hydrogens (tertiary/aromatic N) is 1. The van der Waals surface area contributed by atoms with E-state index in [-0.39, 0.29) is 5.91 Å². The minimum Gasteiger partial charge on any atom is -0.493 e. The zero-order chi connectivity index (χ0) is 21.5. The third-order valence-electron chi connectivity index (χ3n) is 5.72. The second kappa shape index (κ2) is 10.3. The molecule has 6 nitrogen and oxygen atoms in total. The van der Waals surface area contributed by atoms with Crippen molar-refractivity contribution in [3.05, 3.63) is 53.1 Å². The van der Waals surface area contributed by atoms with Crippen molar-refractivity contribution in [1.29, 1.82) is 0 Å². The largest absolute Gasteiger partial charge is 0.493 e. The lowest BCUT2D eigenvalue weighted by molar-refractivity contribution is 0.0950. The quantitative estimate of drug-likeness (QED) is 0.713. The fourth-order valence-corrected chi connectivity index (χ4v) is 3.82. The molecule has 1 aliphatic rings. The van der Waals surface area contributed by atoms with Crippen molar-refractivity contribution in [1.82, 2.24) is 10.2 Å². The predicted molar refractivity (Wildman–Crippen MR) is 117 cm³/mol. The molecule has 0 saturated carbocycles. The highest BCUT2D eigenvalue weighted by Gasteiger charge is 2.17. The van der Waals surface area contributed by atoms with Crippen LogP contribution in [0, 0.1) is 5.92 Å². The molecule has 0 radical (unpaired) electrons. The van der Waals surface area contributed by atoms with Crippen LogP contribution in [0.3, 0.4) is 0 Å². The number of methoxy groups -OCH3 is 3. The van der Waals surface area contributed by atoms with Gasteiger partial charge in [-0.05, 0) is 61.7 Å². The standard InChI is InChI=1S/C24H32N2O4/c1-17-11-13-26(14-12-17)16-18-5-7-19(8-6-18)24(27)25-15-20-9-10-21(28-2)23(30-4)22(20)29-3/h5-10,17H,11-16H2,1-4H3,(H,25,27). The first-order valence-electron chi connectivity index (χ1n) is 10.4. The Hall–Kier alpha value is -2.73. The van der Waals surface area contributed by atoms with Gasteiger partial charge in [-0.2, -0.15) is 0 Å². The number of carbonyl (C=O) groups excluding carboxylic acids is 1. The average molecular weight is 413 g/mol. The third-order valence-corrected chi connectivity index (χ3v) is 5.72. The number of ether oxygens (including phenoxy) is 3. The molecule has 1 fully saturated rings. The van der Waals surface area contributed by atoms with Gasteiger partial charge in [-0.3, -0.25) is 9.69 Å². The maximum absolute atomic E-state index is 12.6. The second-order valence-electron chi connectivity index (χ2n) is 7.83. The number of amides is 1. The van der Waals surface area contributed by atoms with Crippen molar-refractivity contribution < 1.29 is 19.0 Å². The molecule has 0 spiro atoms. The number of likely N-dealkylation sites (tertiary alicyclic amines) is 1. The molecular formula is C24H32N2O4. The summed E-state index contributed by atoms with van der Waals surface area (Å²) in [5.41, 5.74) is 2.70. The Balaban J connectivity index is 1.60. The van der Waals surface area contributed by atoms with E-state index in [1.807, 2.05) is 30.3 Å². The fourth-order valence-electron chi connectivity index (χ4n) is 3.82. The number of benzene rings is 2. The highest BCUT2D eigenvalue weighted by Crippen LogP contribution is 2.39. The summed E-state index contributed by atoms with van der Waals surface area (Å²) in [6.45, 7) is 5.89. The zero-order valence-corrected chi connectivity index (χ0v) is 18.4. The van der Waals surface area contributed by atoms with Crippen molar-refractivity contribution in [2.45, 2.75) is 32.9 Å². The van der Waals surface area contributed by atoms with Crippen molar-refractivity contribution in [2.24, 2.45) is 5.92 Å². The molecule has 2 aromatic carbocycles. The molecule has 1 amide bonds. The lowest BCUT2D eigenvalue weighted by atomic mass is 9.99. The molecule has 0 aliphatic carbocycles. The van der Waals surface area contributed by atoms with Crippen LogP contribution in [0.15, 0.2) is 36.4 Å². The van der Waals surface area contributed by atoms with Crippen molar-refractivity contribution in [3.63, 3.8) is 0 Å². The van der Waals surface area contributed by atoms with Crippen molar-refractivity contribution in [2.75, 3.05) is 34.4 Å². The number of hydrogen-bond donors (Lipinski definition) is 1. The molecule has 2 aromatic rings. The summed E-state index contributed by atoms with van der Waals surface area (Å²) < 4.78 is 16.2. The van der Waals surface area contributed by atoms with Crippen LogP contribution in [0.2, 0.25) is 0 Å². The number of rotatable bonds is 8. The van der Waals surface area contributed by atoms with Crippen LogP contribution in [-0.4, -0.2) is 45.2 Å². The lowest BCUT2D eigenvalue weighted by Gasteiger charge is -2.30. The minimum absolute atomic E-state index is 0.120. The maximum Gasteiger partial charge on any atom is 0.251 e. The van der Waals surface area contributed by atoms with E-state index in [0.717, 1.165) is 31.1 Å². The Bertz CT molecular complexity index is 843. The van der Waals surface area contributed by atoms with Crippen molar-refractivity contribution >= 4 is 5.91 Å². The van der Waals surface area contributed by atoms with Crippen LogP contribution in [-0.2, 0) is 13.1 Å². The first-order chi connectivity index (χ1) is 14.5. The molecule has 1 heterocycles. The van der Waals surface area contributed by atoms with Gasteiger partial charge < -0.3 is 19.5 Å². The van der Waals surface area contributed by atoms with E-state index in [1.165, 1.54) is 18.4 Å². The molecule has 30 heavy (non-hydrogen) atoms. The Morgan fingerprint density at radius 2 is 1.63 bits per heavy atom. The van der Waals surface area contributed by atoms with Gasteiger partial charge in [0.2, 0.25) is 5.75 Å². The topological polar surface area (TPSA) is 60.0 Å². The second-order valence-corrected chi connectivity index (χ2v) is 7.83. The maximum atomic E-state index is 12.6. The van der Waals surface area contributed by atoms with Gasteiger partial charge in [0.1, 0.15) is 0 Å². The molecule has 3 rings (SSSR count). The first kappa shape index (κ1) is 22.0. The van der Waals surface area contributed by atoms with Crippen LogP contribution >= 0.6 is 0 Å². The predicted octanol–water partition coefficient (Wildman–Crippen LogP) is 3.87. The molecule has 6 heteroatoms. The van der Waals surface area contributed by atoms with Crippen LogP contribution in [0.4, 0.5) is 0 Å². The lowest BCUT2D eigenvalue weighted by Crippen LogP contribution is -2.32. The summed E-state index contributed by atoms with van der Waals surface area (Å²) in [6, 6.07) is 11.5. The van der Waals surface area contributed by atoms with Gasteiger partial charge in [-0.15, -0.1) is 0 Å². The molecule has 0 aromatic heterocycles. The summed E-state index contributed by atoms with van der Waals surface area (Å²) in [4.78, 5) is 15.1. The molecule has 162 valence electrons. The van der Waals surface area contributed by atoms with E-state index in [4.69, 9.17) is 14.2 Å². The molecular weight excluding hydrogens is 380 g/mol. The summed E-state index contributed by atoms with van der Waals surface area (Å²) in [5, 5.41) is 2.96. The van der Waals surface area contributed by atoms with E-state index < -0.39 is 0 Å². The summed E-state index contributed by atoms with van der Waals surface area (Å²) in [5.74, 6) is 2.37. The summed E-state index contributed by atoms with van der Waals surface area (Å²) in [6.07, 6.45) is 2.53. The highest BCUT2D eigenvalue weighted by atomic mass is 16.5. The zero-order valence-electron chi connectivity index (χ0n) is 18.4. The van der Waals surface area contributed by atoms with Crippen LogP contribution in [0.5, 0.6) is 17.2 Å². The third kappa shape index (κ3) is 5.25. The van der Waals surface area contributed by atoms with Crippen LogP contribution < -0.4 is 19.5 Å². The van der Waals surface area contributed by atoms with Gasteiger partial charge in [0, 0.05) is 24.2 Å². The Labute approximate surface area is 179 Å². The number of carbonyl (C=O) groups is 1. The van der Waals surface area contributed by atoms with Gasteiger partial charge >= 0.3 is 0 Å². The van der Waals surface area contributed by atoms with Crippen LogP contribution in [0.25, 0.3) is 0 Å². The molecule has 1 N–H and O–H groups in total. The van der Waals surface area contributed by atoms with E-state index in [1.54, 1.807) is 27.4 Å². The number of hydrogen-bond acceptors (Lipinski definition) is 5.